The Hall–Kier alpha value is -1.63. The van der Waals surface area contributed by atoms with Crippen molar-refractivity contribution in [1.29, 1.82) is 0 Å². The van der Waals surface area contributed by atoms with Crippen molar-refractivity contribution in [1.82, 2.24) is 0 Å². The number of hydrogen-bond donors (Lipinski definition) is 0. The van der Waals surface area contributed by atoms with Crippen molar-refractivity contribution < 1.29 is 13.3 Å². The van der Waals surface area contributed by atoms with Gasteiger partial charge in [0.1, 0.15) is 4.52 Å². The lowest BCUT2D eigenvalue weighted by Gasteiger charge is -2.01. The molecule has 0 aliphatic heterocycles. The van der Waals surface area contributed by atoms with Gasteiger partial charge in [-0.25, -0.2) is 0 Å². The van der Waals surface area contributed by atoms with E-state index in [1.807, 2.05) is 0 Å². The summed E-state index contributed by atoms with van der Waals surface area (Å²) in [4.78, 5) is -0.0861. The molecule has 0 spiro atoms. The maximum Gasteiger partial charge on any atom is 0.337 e. The van der Waals surface area contributed by atoms with Crippen molar-refractivity contribution in [2.75, 3.05) is 0 Å². The van der Waals surface area contributed by atoms with Crippen LogP contribution in [0.2, 0.25) is 10.0 Å². The van der Waals surface area contributed by atoms with E-state index in [0.29, 0.717) is 10.0 Å². The fourth-order valence-corrected chi connectivity index (χ4v) is 2.48. The first-order chi connectivity index (χ1) is 9.38. The molecule has 0 atom stereocenters. The predicted molar refractivity (Wildman–Crippen MR) is 75.8 cm³/mol. The highest BCUT2D eigenvalue weighted by Gasteiger charge is 2.18. The molecular weight excluding hydrogens is 323 g/mol. The minimum atomic E-state index is -4.09. The van der Waals surface area contributed by atoms with Crippen molar-refractivity contribution >= 4 is 38.9 Å². The predicted octanol–water partition coefficient (Wildman–Crippen LogP) is 3.98. The highest BCUT2D eigenvalue weighted by Crippen LogP contribution is 2.20. The topological polar surface area (TPSA) is 72.6 Å². The van der Waals surface area contributed by atoms with Crippen LogP contribution in [-0.4, -0.2) is 13.3 Å². The first-order valence-electron chi connectivity index (χ1n) is 5.35. The van der Waals surface area contributed by atoms with E-state index in [2.05, 4.69) is 4.52 Å². The number of benzene rings is 2. The van der Waals surface area contributed by atoms with Gasteiger partial charge in [-0.1, -0.05) is 23.2 Å². The molecule has 5 nitrogen and oxygen atoms in total. The molecule has 0 bridgehead atoms. The summed E-state index contributed by atoms with van der Waals surface area (Å²) in [6, 6.07) is 11.0. The van der Waals surface area contributed by atoms with Crippen LogP contribution >= 0.6 is 23.2 Å². The molecule has 104 valence electrons. The molecule has 0 amide bonds. The fourth-order valence-electron chi connectivity index (χ4n) is 1.37. The highest BCUT2D eigenvalue weighted by atomic mass is 35.5. The third kappa shape index (κ3) is 3.47. The van der Waals surface area contributed by atoms with Gasteiger partial charge in [0.2, 0.25) is 5.69 Å². The molecule has 0 unspecified atom stereocenters. The quantitative estimate of drug-likeness (QED) is 0.485. The lowest BCUT2D eigenvalue weighted by atomic mass is 10.3. The molecule has 2 rings (SSSR count). The summed E-state index contributed by atoms with van der Waals surface area (Å²) in [5, 5.41) is 12.5. The van der Waals surface area contributed by atoms with Gasteiger partial charge in [0.15, 0.2) is 0 Å². The summed E-state index contributed by atoms with van der Waals surface area (Å²) in [5.41, 5.74) is 0.0620. The molecule has 20 heavy (non-hydrogen) atoms. The van der Waals surface area contributed by atoms with Crippen molar-refractivity contribution in [3.05, 3.63) is 63.8 Å². The van der Waals surface area contributed by atoms with Crippen LogP contribution in [0.4, 0.5) is 5.69 Å². The van der Waals surface area contributed by atoms with E-state index in [0.717, 1.165) is 0 Å². The van der Waals surface area contributed by atoms with E-state index in [4.69, 9.17) is 23.2 Å². The molecule has 0 radical (unpaired) electrons. The molecule has 0 saturated heterocycles. The summed E-state index contributed by atoms with van der Waals surface area (Å²) in [6.45, 7) is 0. The fraction of sp³-hybridized carbons (Fsp3) is 0. The Bertz CT molecular complexity index is 741. The smallest absolute Gasteiger partial charge is 0.337 e. The third-order valence-electron chi connectivity index (χ3n) is 2.34. The number of nitrogens with zero attached hydrogens (tertiary/aromatic N) is 2. The van der Waals surface area contributed by atoms with E-state index in [9.17, 15) is 13.6 Å². The molecule has 8 heteroatoms. The Kier molecular flexibility index (Phi) is 4.27. The molecule has 0 N–H and O–H groups in total. The van der Waals surface area contributed by atoms with Crippen LogP contribution in [0.25, 0.3) is 0 Å². The van der Waals surface area contributed by atoms with Crippen molar-refractivity contribution in [3.63, 3.8) is 0 Å². The van der Waals surface area contributed by atoms with Crippen LogP contribution in [0.5, 0.6) is 0 Å². The van der Waals surface area contributed by atoms with Crippen molar-refractivity contribution in [3.8, 4) is 0 Å². The molecule has 0 fully saturated rings. The summed E-state index contributed by atoms with van der Waals surface area (Å²) >= 11 is 11.3. The van der Waals surface area contributed by atoms with Gasteiger partial charge in [0.25, 0.3) is 0 Å². The monoisotopic (exact) mass is 330 g/mol. The Morgan fingerprint density at radius 2 is 1.35 bits per heavy atom. The van der Waals surface area contributed by atoms with Crippen LogP contribution in [0, 0.1) is 5.21 Å². The van der Waals surface area contributed by atoms with Gasteiger partial charge in [-0.3, -0.25) is 0 Å². The third-order valence-corrected chi connectivity index (χ3v) is 4.08. The van der Waals surface area contributed by atoms with Crippen molar-refractivity contribution in [2.45, 2.75) is 4.90 Å². The molecule has 0 aliphatic carbocycles. The van der Waals surface area contributed by atoms with Crippen LogP contribution in [0.15, 0.2) is 57.9 Å². The van der Waals surface area contributed by atoms with Crippen molar-refractivity contribution in [2.24, 2.45) is 4.52 Å². The molecule has 0 heterocycles. The Morgan fingerprint density at radius 1 is 0.900 bits per heavy atom. The van der Waals surface area contributed by atoms with E-state index in [1.165, 1.54) is 48.5 Å². The number of halogens is 2. The standard InChI is InChI=1S/C12H8Cl2N2O3S/c13-9-1-5-11(6-2-9)16(17)15-20(18,19)12-7-3-10(14)4-8-12/h1-8H/b16-15+. The second-order valence-corrected chi connectivity index (χ2v) is 6.22. The SMILES string of the molecule is O=S(=O)(/N=[N+](/[O-])c1ccc(Cl)cc1)c1ccc(Cl)cc1. The zero-order valence-corrected chi connectivity index (χ0v) is 12.2. The number of hydrogen-bond acceptors (Lipinski definition) is 3. The Labute approximate surface area is 125 Å². The average molecular weight is 331 g/mol. The largest absolute Gasteiger partial charge is 0.593 e. The zero-order chi connectivity index (χ0) is 14.8. The van der Waals surface area contributed by atoms with E-state index in [1.54, 1.807) is 0 Å². The minimum Gasteiger partial charge on any atom is -0.593 e. The molecule has 2 aromatic carbocycles. The first kappa shape index (κ1) is 14.8. The second kappa shape index (κ2) is 5.78. The molecular formula is C12H8Cl2N2O3S. The maximum atomic E-state index is 11.9. The van der Waals surface area contributed by atoms with Gasteiger partial charge in [0.05, 0.1) is 4.90 Å². The second-order valence-electron chi connectivity index (χ2n) is 3.76. The molecule has 0 aliphatic rings. The highest BCUT2D eigenvalue weighted by molar-refractivity contribution is 7.89. The van der Waals surface area contributed by atoms with Gasteiger partial charge in [-0.2, -0.15) is 8.42 Å². The van der Waals surface area contributed by atoms with Gasteiger partial charge in [-0.05, 0) is 41.3 Å². The van der Waals surface area contributed by atoms with E-state index in [-0.39, 0.29) is 15.4 Å². The van der Waals surface area contributed by atoms with Gasteiger partial charge in [-0.15, -0.1) is 0 Å². The first-order valence-corrected chi connectivity index (χ1v) is 7.54. The number of rotatable bonds is 3. The van der Waals surface area contributed by atoms with Crippen LogP contribution in [0.1, 0.15) is 0 Å². The van der Waals surface area contributed by atoms with Crippen LogP contribution in [-0.2, 0) is 10.0 Å². The van der Waals surface area contributed by atoms with Gasteiger partial charge in [0, 0.05) is 22.2 Å². The summed E-state index contributed by atoms with van der Waals surface area (Å²) in [7, 11) is -4.09. The Balaban J connectivity index is 2.37. The summed E-state index contributed by atoms with van der Waals surface area (Å²) in [5.74, 6) is 0. The zero-order valence-electron chi connectivity index (χ0n) is 9.90. The van der Waals surface area contributed by atoms with Crippen LogP contribution < -0.4 is 0 Å². The summed E-state index contributed by atoms with van der Waals surface area (Å²) < 4.78 is 27.0. The molecule has 2 aromatic rings. The van der Waals surface area contributed by atoms with E-state index < -0.39 is 10.0 Å². The average Bonchev–Trinajstić information content (AvgIpc) is 2.39. The maximum absolute atomic E-state index is 11.9. The normalized spacial score (nSPS) is 12.4. The molecule has 0 aromatic heterocycles. The summed E-state index contributed by atoms with van der Waals surface area (Å²) in [6.07, 6.45) is 0. The van der Waals surface area contributed by atoms with Gasteiger partial charge >= 0.3 is 10.0 Å². The molecule has 0 saturated carbocycles. The van der Waals surface area contributed by atoms with E-state index >= 15 is 0 Å². The van der Waals surface area contributed by atoms with Gasteiger partial charge < -0.3 is 5.21 Å². The lowest BCUT2D eigenvalue weighted by molar-refractivity contribution is -0.430. The Morgan fingerprint density at radius 3 is 1.85 bits per heavy atom. The lowest BCUT2D eigenvalue weighted by Crippen LogP contribution is -2.02. The minimum absolute atomic E-state index is 0.0280. The number of sulfonamides is 1. The van der Waals surface area contributed by atoms with Crippen LogP contribution in [0.3, 0.4) is 0 Å².